The molecule has 3 aromatic heterocycles. The standard InChI is InChI=1S/C22H17N5O3S/c28-19(11-12-27-22(29)30-21(26-27)18-6-3-13-31-18)23-15-9-7-14(8-10-15)20-24-16-4-1-2-5-17(16)25-20/h1-10,13H,11-12H2,(H,23,28)(H,24,25). The summed E-state index contributed by atoms with van der Waals surface area (Å²) in [6.45, 7) is 0.136. The number of hydrogen-bond acceptors (Lipinski definition) is 6. The first-order valence-corrected chi connectivity index (χ1v) is 10.5. The van der Waals surface area contributed by atoms with Crippen molar-refractivity contribution in [1.82, 2.24) is 19.7 Å². The van der Waals surface area contributed by atoms with Crippen LogP contribution in [0.15, 0.2) is 75.3 Å². The molecule has 1 amide bonds. The van der Waals surface area contributed by atoms with Crippen molar-refractivity contribution in [1.29, 1.82) is 0 Å². The third kappa shape index (κ3) is 4.03. The summed E-state index contributed by atoms with van der Waals surface area (Å²) in [6.07, 6.45) is 0.0989. The molecule has 8 nitrogen and oxygen atoms in total. The van der Waals surface area contributed by atoms with Crippen molar-refractivity contribution in [3.8, 4) is 22.2 Å². The summed E-state index contributed by atoms with van der Waals surface area (Å²) in [5, 5.41) is 8.86. The molecule has 3 heterocycles. The Balaban J connectivity index is 1.21. The fraction of sp³-hybridized carbons (Fsp3) is 0.0909. The summed E-state index contributed by atoms with van der Waals surface area (Å²) in [7, 11) is 0. The van der Waals surface area contributed by atoms with Gasteiger partial charge in [-0.05, 0) is 47.8 Å². The van der Waals surface area contributed by atoms with Crippen LogP contribution in [0.4, 0.5) is 5.69 Å². The van der Waals surface area contributed by atoms with Crippen molar-refractivity contribution in [3.05, 3.63) is 76.6 Å². The van der Waals surface area contributed by atoms with E-state index in [1.54, 1.807) is 0 Å². The number of thiophene rings is 1. The lowest BCUT2D eigenvalue weighted by atomic mass is 10.2. The van der Waals surface area contributed by atoms with E-state index < -0.39 is 5.76 Å². The second-order valence-corrected chi connectivity index (χ2v) is 7.80. The van der Waals surface area contributed by atoms with E-state index in [1.165, 1.54) is 16.0 Å². The first kappa shape index (κ1) is 19.0. The molecule has 5 aromatic rings. The van der Waals surface area contributed by atoms with E-state index >= 15 is 0 Å². The van der Waals surface area contributed by atoms with E-state index in [9.17, 15) is 9.59 Å². The lowest BCUT2D eigenvalue weighted by Gasteiger charge is -2.05. The van der Waals surface area contributed by atoms with Gasteiger partial charge >= 0.3 is 5.76 Å². The number of carbonyl (C=O) groups excluding carboxylic acids is 1. The highest BCUT2D eigenvalue weighted by Crippen LogP contribution is 2.23. The molecule has 0 unspecified atom stereocenters. The Morgan fingerprint density at radius 1 is 1.10 bits per heavy atom. The van der Waals surface area contributed by atoms with Gasteiger partial charge in [-0.3, -0.25) is 4.79 Å². The number of benzene rings is 2. The van der Waals surface area contributed by atoms with Crippen molar-refractivity contribution < 1.29 is 9.21 Å². The number of H-pyrrole nitrogens is 1. The number of amides is 1. The fourth-order valence-electron chi connectivity index (χ4n) is 3.18. The predicted octanol–water partition coefficient (Wildman–Crippen LogP) is 4.14. The normalized spacial score (nSPS) is 11.1. The van der Waals surface area contributed by atoms with Crippen molar-refractivity contribution >= 4 is 34.0 Å². The number of hydrogen-bond donors (Lipinski definition) is 2. The number of rotatable bonds is 6. The Bertz CT molecular complexity index is 1360. The van der Waals surface area contributed by atoms with Gasteiger partial charge in [-0.15, -0.1) is 16.4 Å². The van der Waals surface area contributed by atoms with Crippen LogP contribution in [0.1, 0.15) is 6.42 Å². The van der Waals surface area contributed by atoms with Crippen LogP contribution < -0.4 is 11.1 Å². The molecule has 0 aliphatic carbocycles. The maximum absolute atomic E-state index is 12.3. The Hall–Kier alpha value is -3.98. The lowest BCUT2D eigenvalue weighted by Crippen LogP contribution is -2.20. The van der Waals surface area contributed by atoms with Crippen LogP contribution in [0.2, 0.25) is 0 Å². The second-order valence-electron chi connectivity index (χ2n) is 6.85. The summed E-state index contributed by atoms with van der Waals surface area (Å²) in [6, 6.07) is 18.9. The van der Waals surface area contributed by atoms with Gasteiger partial charge in [0.2, 0.25) is 5.91 Å². The molecule has 31 heavy (non-hydrogen) atoms. The molecule has 0 radical (unpaired) electrons. The summed E-state index contributed by atoms with van der Waals surface area (Å²) in [5.74, 6) is 0.239. The quantitative estimate of drug-likeness (QED) is 0.420. The Morgan fingerprint density at radius 2 is 1.94 bits per heavy atom. The van der Waals surface area contributed by atoms with E-state index in [0.717, 1.165) is 27.3 Å². The van der Waals surface area contributed by atoms with Gasteiger partial charge < -0.3 is 14.7 Å². The third-order valence-corrected chi connectivity index (χ3v) is 5.58. The van der Waals surface area contributed by atoms with E-state index in [2.05, 4.69) is 20.4 Å². The molecular weight excluding hydrogens is 414 g/mol. The number of para-hydroxylation sites is 2. The molecule has 2 aromatic carbocycles. The average molecular weight is 431 g/mol. The van der Waals surface area contributed by atoms with Crippen LogP contribution in [-0.4, -0.2) is 25.7 Å². The van der Waals surface area contributed by atoms with Gasteiger partial charge in [-0.1, -0.05) is 18.2 Å². The van der Waals surface area contributed by atoms with Crippen LogP contribution in [0.25, 0.3) is 33.2 Å². The number of anilines is 1. The molecule has 5 rings (SSSR count). The van der Waals surface area contributed by atoms with Crippen LogP contribution in [0.5, 0.6) is 0 Å². The number of nitrogens with zero attached hydrogens (tertiary/aromatic N) is 3. The van der Waals surface area contributed by atoms with Crippen LogP contribution in [0.3, 0.4) is 0 Å². The third-order valence-electron chi connectivity index (χ3n) is 4.72. The Morgan fingerprint density at radius 3 is 2.71 bits per heavy atom. The van der Waals surface area contributed by atoms with Gasteiger partial charge in [0.05, 0.1) is 22.5 Å². The zero-order valence-corrected chi connectivity index (χ0v) is 17.1. The first-order chi connectivity index (χ1) is 15.2. The Kier molecular flexibility index (Phi) is 4.93. The van der Waals surface area contributed by atoms with Gasteiger partial charge in [0.1, 0.15) is 5.82 Å². The number of fused-ring (bicyclic) bond motifs is 1. The monoisotopic (exact) mass is 431 g/mol. The molecule has 0 saturated carbocycles. The number of aromatic amines is 1. The van der Waals surface area contributed by atoms with Gasteiger partial charge in [-0.25, -0.2) is 9.78 Å². The highest BCUT2D eigenvalue weighted by Gasteiger charge is 2.12. The minimum atomic E-state index is -0.577. The number of aryl methyl sites for hydroxylation is 1. The van der Waals surface area contributed by atoms with E-state index in [1.807, 2.05) is 66.0 Å². The van der Waals surface area contributed by atoms with Crippen molar-refractivity contribution in [2.75, 3.05) is 5.32 Å². The average Bonchev–Trinajstić information content (AvgIpc) is 3.52. The Labute approximate surface area is 180 Å². The molecule has 2 N–H and O–H groups in total. The second kappa shape index (κ2) is 8.04. The SMILES string of the molecule is O=C(CCn1nc(-c2cccs2)oc1=O)Nc1ccc(-c2nc3ccccc3[nH]2)cc1. The summed E-state index contributed by atoms with van der Waals surface area (Å²) < 4.78 is 6.32. The van der Waals surface area contributed by atoms with Crippen LogP contribution in [-0.2, 0) is 11.3 Å². The number of aromatic nitrogens is 4. The van der Waals surface area contributed by atoms with Gasteiger partial charge in [0.15, 0.2) is 0 Å². The molecule has 0 aliphatic heterocycles. The van der Waals surface area contributed by atoms with E-state index in [0.29, 0.717) is 5.69 Å². The minimum absolute atomic E-state index is 0.0989. The predicted molar refractivity (Wildman–Crippen MR) is 119 cm³/mol. The van der Waals surface area contributed by atoms with Crippen LogP contribution in [0, 0.1) is 0 Å². The maximum Gasteiger partial charge on any atom is 0.437 e. The fourth-order valence-corrected chi connectivity index (χ4v) is 3.82. The van der Waals surface area contributed by atoms with E-state index in [-0.39, 0.29) is 24.8 Å². The maximum atomic E-state index is 12.3. The van der Waals surface area contributed by atoms with E-state index in [4.69, 9.17) is 4.42 Å². The molecule has 154 valence electrons. The number of nitrogens with one attached hydrogen (secondary N) is 2. The topological polar surface area (TPSA) is 106 Å². The van der Waals surface area contributed by atoms with Gasteiger partial charge in [0, 0.05) is 17.7 Å². The highest BCUT2D eigenvalue weighted by molar-refractivity contribution is 7.13. The van der Waals surface area contributed by atoms with Crippen molar-refractivity contribution in [3.63, 3.8) is 0 Å². The van der Waals surface area contributed by atoms with Gasteiger partial charge in [-0.2, -0.15) is 4.68 Å². The number of carbonyl (C=O) groups is 1. The molecule has 0 atom stereocenters. The highest BCUT2D eigenvalue weighted by atomic mass is 32.1. The zero-order valence-electron chi connectivity index (χ0n) is 16.2. The molecule has 0 saturated heterocycles. The van der Waals surface area contributed by atoms with Crippen LogP contribution >= 0.6 is 11.3 Å². The van der Waals surface area contributed by atoms with Crippen molar-refractivity contribution in [2.45, 2.75) is 13.0 Å². The lowest BCUT2D eigenvalue weighted by molar-refractivity contribution is -0.116. The minimum Gasteiger partial charge on any atom is -0.387 e. The molecule has 0 bridgehead atoms. The summed E-state index contributed by atoms with van der Waals surface area (Å²) in [5.41, 5.74) is 3.46. The van der Waals surface area contributed by atoms with Gasteiger partial charge in [0.25, 0.3) is 5.89 Å². The largest absolute Gasteiger partial charge is 0.437 e. The smallest absolute Gasteiger partial charge is 0.387 e. The molecule has 9 heteroatoms. The first-order valence-electron chi connectivity index (χ1n) is 9.62. The summed E-state index contributed by atoms with van der Waals surface area (Å²) in [4.78, 5) is 32.9. The summed E-state index contributed by atoms with van der Waals surface area (Å²) >= 11 is 1.43. The molecular formula is C22H17N5O3S. The molecule has 0 spiro atoms. The number of imidazole rings is 1. The van der Waals surface area contributed by atoms with Crippen molar-refractivity contribution in [2.24, 2.45) is 0 Å². The molecule has 0 aliphatic rings. The zero-order chi connectivity index (χ0) is 21.2. The molecule has 0 fully saturated rings.